The Balaban J connectivity index is 1.78. The summed E-state index contributed by atoms with van der Waals surface area (Å²) < 4.78 is 23.7. The summed E-state index contributed by atoms with van der Waals surface area (Å²) >= 11 is 0. The molecule has 0 N–H and O–H groups in total. The quantitative estimate of drug-likeness (QED) is 0.257. The second-order valence-corrected chi connectivity index (χ2v) is 6.22. The van der Waals surface area contributed by atoms with Crippen molar-refractivity contribution in [1.29, 1.82) is 5.26 Å². The number of ether oxygens (including phenoxy) is 2. The van der Waals surface area contributed by atoms with Gasteiger partial charge >= 0.3 is 5.97 Å². The molecule has 0 spiro atoms. The Kier molecular flexibility index (Phi) is 6.39. The number of nitrogens with zero attached hydrogens (tertiary/aromatic N) is 1. The van der Waals surface area contributed by atoms with Crippen molar-refractivity contribution in [1.82, 2.24) is 0 Å². The van der Waals surface area contributed by atoms with Gasteiger partial charge in [0.25, 0.3) is 0 Å². The van der Waals surface area contributed by atoms with Gasteiger partial charge in [0.05, 0.1) is 25.2 Å². The molecule has 0 heterocycles. The molecule has 3 aromatic carbocycles. The molecule has 3 rings (SSSR count). The Hall–Kier alpha value is -3.91. The molecule has 0 atom stereocenters. The van der Waals surface area contributed by atoms with Crippen molar-refractivity contribution in [3.8, 4) is 17.6 Å². The Bertz CT molecular complexity index is 1070. The average Bonchev–Trinajstić information content (AvgIpc) is 2.75. The normalized spacial score (nSPS) is 10.9. The summed E-state index contributed by atoms with van der Waals surface area (Å²) in [6.07, 6.45) is 1.75. The molecule has 0 aliphatic carbocycles. The molecule has 0 fully saturated rings. The maximum Gasteiger partial charge on any atom is 0.315 e. The number of halogens is 1. The highest BCUT2D eigenvalue weighted by molar-refractivity contribution is 5.90. The zero-order valence-corrected chi connectivity index (χ0v) is 15.8. The van der Waals surface area contributed by atoms with E-state index in [1.165, 1.54) is 31.4 Å². The lowest BCUT2D eigenvalue weighted by Crippen LogP contribution is -2.12. The Labute approximate surface area is 168 Å². The first kappa shape index (κ1) is 19.8. The summed E-state index contributed by atoms with van der Waals surface area (Å²) in [6, 6.07) is 22.2. The number of carbonyl (C=O) groups excluding carboxylic acids is 1. The van der Waals surface area contributed by atoms with E-state index in [-0.39, 0.29) is 18.0 Å². The van der Waals surface area contributed by atoms with E-state index in [1.807, 2.05) is 30.3 Å². The monoisotopic (exact) mass is 387 g/mol. The lowest BCUT2D eigenvalue weighted by molar-refractivity contribution is -0.133. The van der Waals surface area contributed by atoms with Gasteiger partial charge in [-0.05, 0) is 47.0 Å². The SMILES string of the molecule is COc1cc(/C=C(/C#N)c2ccccc2)ccc1OC(=O)Cc1ccc(F)cc1. The highest BCUT2D eigenvalue weighted by Gasteiger charge is 2.12. The summed E-state index contributed by atoms with van der Waals surface area (Å²) in [5, 5.41) is 9.46. The van der Waals surface area contributed by atoms with E-state index in [0.717, 1.165) is 11.1 Å². The van der Waals surface area contributed by atoms with Crippen LogP contribution in [0.15, 0.2) is 72.8 Å². The molecule has 0 unspecified atom stereocenters. The van der Waals surface area contributed by atoms with Gasteiger partial charge in [-0.2, -0.15) is 5.26 Å². The number of nitriles is 1. The minimum absolute atomic E-state index is 0.0116. The molecule has 0 saturated heterocycles. The maximum atomic E-state index is 13.0. The topological polar surface area (TPSA) is 59.3 Å². The summed E-state index contributed by atoms with van der Waals surface area (Å²) in [6.45, 7) is 0. The van der Waals surface area contributed by atoms with Crippen LogP contribution in [0.5, 0.6) is 11.5 Å². The van der Waals surface area contributed by atoms with Crippen molar-refractivity contribution in [3.05, 3.63) is 95.3 Å². The van der Waals surface area contributed by atoms with Crippen LogP contribution in [0.1, 0.15) is 16.7 Å². The third-order valence-corrected chi connectivity index (χ3v) is 4.19. The fourth-order valence-corrected chi connectivity index (χ4v) is 2.75. The zero-order chi connectivity index (χ0) is 20.6. The van der Waals surface area contributed by atoms with Crippen molar-refractivity contribution in [3.63, 3.8) is 0 Å². The second kappa shape index (κ2) is 9.34. The minimum atomic E-state index is -0.486. The van der Waals surface area contributed by atoms with Crippen LogP contribution in [-0.2, 0) is 11.2 Å². The van der Waals surface area contributed by atoms with E-state index < -0.39 is 5.97 Å². The van der Waals surface area contributed by atoms with Crippen LogP contribution in [0.4, 0.5) is 4.39 Å². The molecule has 0 radical (unpaired) electrons. The summed E-state index contributed by atoms with van der Waals surface area (Å²) in [4.78, 5) is 12.2. The van der Waals surface area contributed by atoms with Crippen LogP contribution in [-0.4, -0.2) is 13.1 Å². The lowest BCUT2D eigenvalue weighted by Gasteiger charge is -2.10. The van der Waals surface area contributed by atoms with Gasteiger partial charge in [0, 0.05) is 0 Å². The number of benzene rings is 3. The second-order valence-electron chi connectivity index (χ2n) is 6.22. The number of carbonyl (C=O) groups is 1. The largest absolute Gasteiger partial charge is 0.493 e. The van der Waals surface area contributed by atoms with Crippen molar-refractivity contribution in [2.24, 2.45) is 0 Å². The zero-order valence-electron chi connectivity index (χ0n) is 15.8. The van der Waals surface area contributed by atoms with Gasteiger partial charge in [-0.1, -0.05) is 48.5 Å². The summed E-state index contributed by atoms with van der Waals surface area (Å²) in [7, 11) is 1.47. The third kappa shape index (κ3) is 5.30. The van der Waals surface area contributed by atoms with Crippen LogP contribution < -0.4 is 9.47 Å². The average molecular weight is 387 g/mol. The first-order chi connectivity index (χ1) is 14.1. The Morgan fingerprint density at radius 1 is 1.03 bits per heavy atom. The number of methoxy groups -OCH3 is 1. The molecular weight excluding hydrogens is 369 g/mol. The van der Waals surface area contributed by atoms with E-state index in [0.29, 0.717) is 16.9 Å². The van der Waals surface area contributed by atoms with Crippen LogP contribution in [0.25, 0.3) is 11.6 Å². The minimum Gasteiger partial charge on any atom is -0.493 e. The van der Waals surface area contributed by atoms with Crippen LogP contribution in [0.3, 0.4) is 0 Å². The van der Waals surface area contributed by atoms with E-state index in [9.17, 15) is 14.4 Å². The highest BCUT2D eigenvalue weighted by Crippen LogP contribution is 2.30. The standard InChI is InChI=1S/C24H18FNO3/c1-28-23-14-18(13-20(16-26)19-5-3-2-4-6-19)9-12-22(23)29-24(27)15-17-7-10-21(25)11-8-17/h2-14H,15H2,1H3/b20-13-. The molecule has 3 aromatic rings. The van der Waals surface area contributed by atoms with Gasteiger partial charge < -0.3 is 9.47 Å². The molecule has 4 nitrogen and oxygen atoms in total. The third-order valence-electron chi connectivity index (χ3n) is 4.19. The molecule has 0 aromatic heterocycles. The first-order valence-corrected chi connectivity index (χ1v) is 8.89. The van der Waals surface area contributed by atoms with Gasteiger partial charge in [-0.3, -0.25) is 4.79 Å². The predicted octanol–water partition coefficient (Wildman–Crippen LogP) is 5.05. The lowest BCUT2D eigenvalue weighted by atomic mass is 10.0. The van der Waals surface area contributed by atoms with Crippen LogP contribution in [0, 0.1) is 17.1 Å². The van der Waals surface area contributed by atoms with Gasteiger partial charge in [0.1, 0.15) is 5.82 Å². The molecule has 0 bridgehead atoms. The van der Waals surface area contributed by atoms with Crippen LogP contribution >= 0.6 is 0 Å². The fraction of sp³-hybridized carbons (Fsp3) is 0.0833. The van der Waals surface area contributed by atoms with Crippen molar-refractivity contribution < 1.29 is 18.7 Å². The number of allylic oxidation sites excluding steroid dienone is 1. The number of rotatable bonds is 6. The molecule has 0 aliphatic heterocycles. The van der Waals surface area contributed by atoms with E-state index >= 15 is 0 Å². The fourth-order valence-electron chi connectivity index (χ4n) is 2.75. The molecule has 0 amide bonds. The predicted molar refractivity (Wildman–Crippen MR) is 109 cm³/mol. The summed E-state index contributed by atoms with van der Waals surface area (Å²) in [5.41, 5.74) is 2.70. The Morgan fingerprint density at radius 2 is 1.76 bits per heavy atom. The number of esters is 1. The van der Waals surface area contributed by atoms with Crippen molar-refractivity contribution in [2.45, 2.75) is 6.42 Å². The maximum absolute atomic E-state index is 13.0. The summed E-state index contributed by atoms with van der Waals surface area (Å²) in [5.74, 6) is -0.202. The molecule has 0 saturated carbocycles. The highest BCUT2D eigenvalue weighted by atomic mass is 19.1. The first-order valence-electron chi connectivity index (χ1n) is 8.89. The molecule has 29 heavy (non-hydrogen) atoms. The number of hydrogen-bond acceptors (Lipinski definition) is 4. The van der Waals surface area contributed by atoms with Gasteiger partial charge in [0.15, 0.2) is 11.5 Å². The Morgan fingerprint density at radius 3 is 2.41 bits per heavy atom. The van der Waals surface area contributed by atoms with Crippen molar-refractivity contribution in [2.75, 3.05) is 7.11 Å². The smallest absolute Gasteiger partial charge is 0.315 e. The number of hydrogen-bond donors (Lipinski definition) is 0. The van der Waals surface area contributed by atoms with Crippen LogP contribution in [0.2, 0.25) is 0 Å². The molecular formula is C24H18FNO3. The van der Waals surface area contributed by atoms with E-state index in [1.54, 1.807) is 24.3 Å². The molecule has 144 valence electrons. The van der Waals surface area contributed by atoms with Crippen molar-refractivity contribution >= 4 is 17.6 Å². The van der Waals surface area contributed by atoms with E-state index in [4.69, 9.17) is 9.47 Å². The molecule has 0 aliphatic rings. The van der Waals surface area contributed by atoms with E-state index in [2.05, 4.69) is 6.07 Å². The van der Waals surface area contributed by atoms with Gasteiger partial charge in [0.2, 0.25) is 0 Å². The van der Waals surface area contributed by atoms with Gasteiger partial charge in [-0.25, -0.2) is 4.39 Å². The molecule has 5 heteroatoms. The van der Waals surface area contributed by atoms with Gasteiger partial charge in [-0.15, -0.1) is 0 Å².